The molecule has 0 unspecified atom stereocenters. The van der Waals surface area contributed by atoms with Crippen molar-refractivity contribution in [1.29, 1.82) is 0 Å². The van der Waals surface area contributed by atoms with Crippen molar-refractivity contribution >= 4 is 5.91 Å². The summed E-state index contributed by atoms with van der Waals surface area (Å²) in [4.78, 5) is 15.2. The topological polar surface area (TPSA) is 67.6 Å². The van der Waals surface area contributed by atoms with Gasteiger partial charge in [0.2, 0.25) is 5.91 Å². The van der Waals surface area contributed by atoms with Crippen LogP contribution in [0.4, 0.5) is 0 Å². The van der Waals surface area contributed by atoms with Gasteiger partial charge in [0, 0.05) is 38.2 Å². The maximum atomic E-state index is 12.9. The number of ether oxygens (including phenoxy) is 1. The molecule has 1 aromatic heterocycles. The Bertz CT molecular complexity index is 984. The molecule has 1 aliphatic heterocycles. The monoisotopic (exact) mass is 405 g/mol. The molecule has 6 nitrogen and oxygen atoms in total. The summed E-state index contributed by atoms with van der Waals surface area (Å²) in [5.41, 5.74) is 2.49. The molecule has 1 amide bonds. The van der Waals surface area contributed by atoms with Gasteiger partial charge in [-0.1, -0.05) is 47.6 Å². The molecule has 0 saturated carbocycles. The van der Waals surface area contributed by atoms with Gasteiger partial charge in [0.1, 0.15) is 17.2 Å². The molecule has 2 aromatic carbocycles. The Labute approximate surface area is 176 Å². The van der Waals surface area contributed by atoms with E-state index in [0.29, 0.717) is 13.0 Å². The molecule has 1 saturated heterocycles. The number of nitrogens with one attached hydrogen (secondary N) is 1. The van der Waals surface area contributed by atoms with Crippen LogP contribution in [0.2, 0.25) is 0 Å². The van der Waals surface area contributed by atoms with E-state index in [9.17, 15) is 4.79 Å². The molecule has 0 aliphatic carbocycles. The third-order valence-electron chi connectivity index (χ3n) is 5.85. The van der Waals surface area contributed by atoms with Crippen LogP contribution in [0.3, 0.4) is 0 Å². The summed E-state index contributed by atoms with van der Waals surface area (Å²) in [5, 5.41) is 7.08. The smallest absolute Gasteiger partial charge is 0.227 e. The minimum atomic E-state index is -0.519. The van der Waals surface area contributed by atoms with Crippen LogP contribution in [-0.4, -0.2) is 43.2 Å². The highest BCUT2D eigenvalue weighted by Crippen LogP contribution is 2.36. The van der Waals surface area contributed by atoms with Gasteiger partial charge in [-0.05, 0) is 30.7 Å². The van der Waals surface area contributed by atoms with Crippen LogP contribution in [0.1, 0.15) is 17.7 Å². The number of carbonyl (C=O) groups excluding carboxylic acids is 1. The van der Waals surface area contributed by atoms with Crippen LogP contribution in [-0.2, 0) is 17.8 Å². The lowest BCUT2D eigenvalue weighted by atomic mass is 9.81. The number of hydrogen-bond acceptors (Lipinski definition) is 5. The van der Waals surface area contributed by atoms with Crippen LogP contribution in [0, 0.1) is 5.41 Å². The lowest BCUT2D eigenvalue weighted by Crippen LogP contribution is -2.43. The second-order valence-corrected chi connectivity index (χ2v) is 7.89. The number of carbonyl (C=O) groups is 1. The molecule has 0 spiro atoms. The Kier molecular flexibility index (Phi) is 5.86. The van der Waals surface area contributed by atoms with Gasteiger partial charge in [0.15, 0.2) is 0 Å². The molecule has 0 bridgehead atoms. The first-order valence-electron chi connectivity index (χ1n) is 10.2. The normalized spacial score (nSPS) is 19.0. The van der Waals surface area contributed by atoms with Gasteiger partial charge in [-0.3, -0.25) is 9.69 Å². The zero-order chi connectivity index (χ0) is 21.0. The Morgan fingerprint density at radius 3 is 2.67 bits per heavy atom. The summed E-state index contributed by atoms with van der Waals surface area (Å²) in [6.07, 6.45) is 1.32. The second kappa shape index (κ2) is 8.71. The third-order valence-corrected chi connectivity index (χ3v) is 5.85. The molecule has 6 heteroatoms. The summed E-state index contributed by atoms with van der Waals surface area (Å²) in [6, 6.07) is 20.0. The van der Waals surface area contributed by atoms with Crippen molar-refractivity contribution in [3.63, 3.8) is 0 Å². The summed E-state index contributed by atoms with van der Waals surface area (Å²) >= 11 is 0. The standard InChI is InChI=1S/C24H27N3O3/c1-25-23(28)24(15-21-14-22(26-30-21)19-6-4-3-5-7-19)12-13-27(17-24)16-18-8-10-20(29-2)11-9-18/h3-11,14H,12-13,15-17H2,1-2H3,(H,25,28)/t24-/m0/s1. The fourth-order valence-electron chi connectivity index (χ4n) is 4.23. The number of hydrogen-bond donors (Lipinski definition) is 1. The predicted octanol–water partition coefficient (Wildman–Crippen LogP) is 3.53. The van der Waals surface area contributed by atoms with Gasteiger partial charge >= 0.3 is 0 Å². The van der Waals surface area contributed by atoms with Crippen molar-refractivity contribution < 1.29 is 14.1 Å². The first kappa shape index (κ1) is 20.2. The maximum Gasteiger partial charge on any atom is 0.227 e. The van der Waals surface area contributed by atoms with E-state index in [4.69, 9.17) is 9.26 Å². The number of likely N-dealkylation sites (tertiary alicyclic amines) is 1. The summed E-state index contributed by atoms with van der Waals surface area (Å²) in [5.74, 6) is 1.64. The third kappa shape index (κ3) is 4.24. The van der Waals surface area contributed by atoms with Crippen LogP contribution < -0.4 is 10.1 Å². The van der Waals surface area contributed by atoms with Gasteiger partial charge in [0.25, 0.3) is 0 Å². The molecule has 4 rings (SSSR count). The minimum Gasteiger partial charge on any atom is -0.497 e. The van der Waals surface area contributed by atoms with Crippen molar-refractivity contribution in [3.8, 4) is 17.0 Å². The highest BCUT2D eigenvalue weighted by molar-refractivity contribution is 5.83. The molecule has 3 aromatic rings. The zero-order valence-electron chi connectivity index (χ0n) is 17.4. The molecule has 1 atom stereocenters. The summed E-state index contributed by atoms with van der Waals surface area (Å²) in [6.45, 7) is 2.34. The van der Waals surface area contributed by atoms with E-state index in [1.807, 2.05) is 48.5 Å². The molecule has 2 heterocycles. The van der Waals surface area contributed by atoms with E-state index < -0.39 is 5.41 Å². The Balaban J connectivity index is 1.48. The van der Waals surface area contributed by atoms with Crippen molar-refractivity contribution in [2.75, 3.05) is 27.2 Å². The Morgan fingerprint density at radius 2 is 1.97 bits per heavy atom. The summed E-state index contributed by atoms with van der Waals surface area (Å²) < 4.78 is 10.9. The van der Waals surface area contributed by atoms with Crippen molar-refractivity contribution in [2.45, 2.75) is 19.4 Å². The summed E-state index contributed by atoms with van der Waals surface area (Å²) in [7, 11) is 3.37. The van der Waals surface area contributed by atoms with Gasteiger partial charge in [-0.15, -0.1) is 0 Å². The molecule has 1 aliphatic rings. The van der Waals surface area contributed by atoms with Crippen LogP contribution in [0.5, 0.6) is 5.75 Å². The van der Waals surface area contributed by atoms with Crippen LogP contribution in [0.25, 0.3) is 11.3 Å². The van der Waals surface area contributed by atoms with Crippen molar-refractivity contribution in [2.24, 2.45) is 5.41 Å². The number of amides is 1. The van der Waals surface area contributed by atoms with E-state index in [-0.39, 0.29) is 5.91 Å². The zero-order valence-corrected chi connectivity index (χ0v) is 17.4. The minimum absolute atomic E-state index is 0.0531. The molecule has 156 valence electrons. The quantitative estimate of drug-likeness (QED) is 0.651. The molecule has 1 N–H and O–H groups in total. The largest absolute Gasteiger partial charge is 0.497 e. The highest BCUT2D eigenvalue weighted by atomic mass is 16.5. The van der Waals surface area contributed by atoms with Crippen LogP contribution in [0.15, 0.2) is 65.2 Å². The van der Waals surface area contributed by atoms with Gasteiger partial charge in [-0.2, -0.15) is 0 Å². The van der Waals surface area contributed by atoms with E-state index in [1.165, 1.54) is 5.56 Å². The van der Waals surface area contributed by atoms with E-state index in [2.05, 4.69) is 27.5 Å². The number of methoxy groups -OCH3 is 1. The van der Waals surface area contributed by atoms with Crippen LogP contribution >= 0.6 is 0 Å². The first-order chi connectivity index (χ1) is 14.6. The van der Waals surface area contributed by atoms with Gasteiger partial charge < -0.3 is 14.6 Å². The highest BCUT2D eigenvalue weighted by Gasteiger charge is 2.45. The fourth-order valence-corrected chi connectivity index (χ4v) is 4.23. The second-order valence-electron chi connectivity index (χ2n) is 7.89. The number of benzene rings is 2. The molecular formula is C24H27N3O3. The lowest BCUT2D eigenvalue weighted by Gasteiger charge is -2.26. The van der Waals surface area contributed by atoms with Crippen molar-refractivity contribution in [3.05, 3.63) is 72.0 Å². The van der Waals surface area contributed by atoms with E-state index >= 15 is 0 Å². The van der Waals surface area contributed by atoms with Gasteiger partial charge in [-0.25, -0.2) is 0 Å². The lowest BCUT2D eigenvalue weighted by molar-refractivity contribution is -0.130. The number of rotatable bonds is 7. The average Bonchev–Trinajstić information content (AvgIpc) is 3.42. The molecule has 0 radical (unpaired) electrons. The molecule has 1 fully saturated rings. The average molecular weight is 405 g/mol. The molecular weight excluding hydrogens is 378 g/mol. The number of aromatic nitrogens is 1. The van der Waals surface area contributed by atoms with Gasteiger partial charge in [0.05, 0.1) is 12.5 Å². The molecule has 30 heavy (non-hydrogen) atoms. The Hall–Kier alpha value is -3.12. The fraction of sp³-hybridized carbons (Fsp3) is 0.333. The van der Waals surface area contributed by atoms with E-state index in [0.717, 1.165) is 42.3 Å². The predicted molar refractivity (Wildman–Crippen MR) is 115 cm³/mol. The van der Waals surface area contributed by atoms with E-state index in [1.54, 1.807) is 14.2 Å². The SMILES string of the molecule is CNC(=O)[C@]1(Cc2cc(-c3ccccc3)no2)CCN(Cc2ccc(OC)cc2)C1. The maximum absolute atomic E-state index is 12.9. The first-order valence-corrected chi connectivity index (χ1v) is 10.2. The number of nitrogens with zero attached hydrogens (tertiary/aromatic N) is 2. The Morgan fingerprint density at radius 1 is 1.20 bits per heavy atom. The van der Waals surface area contributed by atoms with Crippen molar-refractivity contribution in [1.82, 2.24) is 15.4 Å².